The van der Waals surface area contributed by atoms with Crippen molar-refractivity contribution in [2.45, 2.75) is 32.9 Å². The van der Waals surface area contributed by atoms with Gasteiger partial charge < -0.3 is 10.7 Å². The highest BCUT2D eigenvalue weighted by atomic mass is 15.3. The van der Waals surface area contributed by atoms with Crippen molar-refractivity contribution in [1.29, 1.82) is 0 Å². The van der Waals surface area contributed by atoms with Gasteiger partial charge in [0.15, 0.2) is 5.82 Å². The molecule has 30 heavy (non-hydrogen) atoms. The molecule has 4 N–H and O–H groups in total. The van der Waals surface area contributed by atoms with Crippen molar-refractivity contribution in [2.75, 3.05) is 31.9 Å². The Hall–Kier alpha value is -2.90. The summed E-state index contributed by atoms with van der Waals surface area (Å²) in [6, 6.07) is 10.5. The zero-order chi connectivity index (χ0) is 20.9. The van der Waals surface area contributed by atoms with Crippen LogP contribution in [0.3, 0.4) is 0 Å². The molecule has 1 fully saturated rings. The number of anilines is 1. The highest BCUT2D eigenvalue weighted by Crippen LogP contribution is 2.31. The molecule has 1 aliphatic heterocycles. The van der Waals surface area contributed by atoms with E-state index in [1.165, 1.54) is 5.69 Å². The first-order chi connectivity index (χ1) is 14.4. The molecule has 1 aromatic carbocycles. The van der Waals surface area contributed by atoms with Gasteiger partial charge in [0.2, 0.25) is 0 Å². The number of nitrogens with zero attached hydrogens (tertiary/aromatic N) is 4. The van der Waals surface area contributed by atoms with Crippen LogP contribution in [0.2, 0.25) is 0 Å². The smallest absolute Gasteiger partial charge is 0.153 e. The van der Waals surface area contributed by atoms with E-state index in [4.69, 9.17) is 5.73 Å². The minimum absolute atomic E-state index is 0.242. The molecule has 7 heteroatoms. The Morgan fingerprint density at radius 1 is 1.03 bits per heavy atom. The average Bonchev–Trinajstić information content (AvgIpc) is 3.30. The highest BCUT2D eigenvalue weighted by Gasteiger charge is 2.26. The lowest BCUT2D eigenvalue weighted by molar-refractivity contribution is 0.0587. The van der Waals surface area contributed by atoms with Crippen LogP contribution in [0.1, 0.15) is 26.5 Å². The first kappa shape index (κ1) is 19.1. The molecule has 156 valence electrons. The molecule has 0 bridgehead atoms. The number of aromatic nitrogens is 4. The van der Waals surface area contributed by atoms with Gasteiger partial charge in [0, 0.05) is 60.9 Å². The predicted molar refractivity (Wildman–Crippen MR) is 122 cm³/mol. The molecule has 1 aliphatic rings. The molecule has 0 radical (unpaired) electrons. The molecule has 5 rings (SSSR count). The zero-order valence-electron chi connectivity index (χ0n) is 17.9. The summed E-state index contributed by atoms with van der Waals surface area (Å²) < 4.78 is 0. The van der Waals surface area contributed by atoms with Crippen LogP contribution < -0.4 is 5.73 Å². The molecule has 0 saturated carbocycles. The van der Waals surface area contributed by atoms with Gasteiger partial charge in [-0.15, -0.1) is 0 Å². The second kappa shape index (κ2) is 7.11. The van der Waals surface area contributed by atoms with Crippen LogP contribution in [-0.2, 0) is 6.54 Å². The maximum absolute atomic E-state index is 6.01. The van der Waals surface area contributed by atoms with Crippen LogP contribution in [0, 0.1) is 0 Å². The number of aromatic amines is 2. The number of nitrogen functional groups attached to an aromatic ring is 1. The third-order valence-corrected chi connectivity index (χ3v) is 6.21. The fraction of sp³-hybridized carbons (Fsp3) is 0.391. The summed E-state index contributed by atoms with van der Waals surface area (Å²) in [5.41, 5.74) is 11.6. The number of nitrogens with two attached hydrogens (primary N) is 1. The van der Waals surface area contributed by atoms with Gasteiger partial charge in [0.05, 0.1) is 5.52 Å². The van der Waals surface area contributed by atoms with E-state index in [0.717, 1.165) is 65.8 Å². The Morgan fingerprint density at radius 2 is 1.83 bits per heavy atom. The normalized spacial score (nSPS) is 16.6. The van der Waals surface area contributed by atoms with E-state index in [-0.39, 0.29) is 5.54 Å². The molecule has 4 heterocycles. The van der Waals surface area contributed by atoms with Gasteiger partial charge in [-0.05, 0) is 56.2 Å². The van der Waals surface area contributed by atoms with Crippen LogP contribution in [0.15, 0.2) is 36.5 Å². The van der Waals surface area contributed by atoms with Crippen LogP contribution in [-0.4, -0.2) is 61.7 Å². The van der Waals surface area contributed by atoms with Crippen molar-refractivity contribution < 1.29 is 0 Å². The predicted octanol–water partition coefficient (Wildman–Crippen LogP) is 3.60. The monoisotopic (exact) mass is 403 g/mol. The van der Waals surface area contributed by atoms with Crippen molar-refractivity contribution in [3.8, 4) is 11.1 Å². The number of rotatable bonds is 3. The minimum Gasteiger partial charge on any atom is -0.382 e. The van der Waals surface area contributed by atoms with E-state index in [9.17, 15) is 0 Å². The summed E-state index contributed by atoms with van der Waals surface area (Å²) in [6.07, 6.45) is 1.86. The topological polar surface area (TPSA) is 89.9 Å². The summed E-state index contributed by atoms with van der Waals surface area (Å²) in [5, 5.41) is 9.16. The Morgan fingerprint density at radius 3 is 2.60 bits per heavy atom. The molecular formula is C23H29N7. The number of pyridine rings is 1. The van der Waals surface area contributed by atoms with Gasteiger partial charge in [-0.1, -0.05) is 6.07 Å². The lowest BCUT2D eigenvalue weighted by Gasteiger charge is -2.42. The molecule has 3 aromatic heterocycles. The summed E-state index contributed by atoms with van der Waals surface area (Å²) in [5.74, 6) is 0.529. The zero-order valence-corrected chi connectivity index (χ0v) is 17.9. The highest BCUT2D eigenvalue weighted by molar-refractivity contribution is 5.98. The van der Waals surface area contributed by atoms with E-state index in [2.05, 4.69) is 75.0 Å². The maximum atomic E-state index is 6.01. The molecule has 0 aliphatic carbocycles. The minimum atomic E-state index is 0.242. The van der Waals surface area contributed by atoms with Crippen LogP contribution in [0.4, 0.5) is 5.82 Å². The van der Waals surface area contributed by atoms with E-state index in [1.54, 1.807) is 0 Å². The fourth-order valence-electron chi connectivity index (χ4n) is 4.44. The summed E-state index contributed by atoms with van der Waals surface area (Å²) in [6.45, 7) is 12.2. The Labute approximate surface area is 176 Å². The van der Waals surface area contributed by atoms with Crippen molar-refractivity contribution in [3.05, 3.63) is 42.2 Å². The molecule has 1 saturated heterocycles. The van der Waals surface area contributed by atoms with Crippen LogP contribution in [0.5, 0.6) is 0 Å². The Bertz CT molecular complexity index is 1190. The van der Waals surface area contributed by atoms with Crippen molar-refractivity contribution in [2.24, 2.45) is 0 Å². The van der Waals surface area contributed by atoms with Gasteiger partial charge in [0.25, 0.3) is 0 Å². The summed E-state index contributed by atoms with van der Waals surface area (Å²) >= 11 is 0. The SMILES string of the molecule is CC(C)(C)N1CCN(Cc2cc3c(-c4ccc5[nH]nc(N)c5c4)ccnc3[nH]2)CC1. The van der Waals surface area contributed by atoms with Gasteiger partial charge in [-0.25, -0.2) is 4.98 Å². The van der Waals surface area contributed by atoms with Crippen molar-refractivity contribution >= 4 is 27.8 Å². The van der Waals surface area contributed by atoms with E-state index in [1.807, 2.05) is 12.3 Å². The van der Waals surface area contributed by atoms with Gasteiger partial charge in [-0.2, -0.15) is 5.10 Å². The second-order valence-electron chi connectivity index (χ2n) is 9.22. The van der Waals surface area contributed by atoms with Gasteiger partial charge >= 0.3 is 0 Å². The largest absolute Gasteiger partial charge is 0.382 e. The quantitative estimate of drug-likeness (QED) is 0.486. The Kier molecular flexibility index (Phi) is 4.52. The first-order valence-corrected chi connectivity index (χ1v) is 10.6. The number of H-pyrrole nitrogens is 2. The van der Waals surface area contributed by atoms with Crippen LogP contribution in [0.25, 0.3) is 33.1 Å². The molecule has 0 unspecified atom stereocenters. The average molecular weight is 404 g/mol. The number of hydrogen-bond acceptors (Lipinski definition) is 5. The summed E-state index contributed by atoms with van der Waals surface area (Å²) in [4.78, 5) is 13.2. The maximum Gasteiger partial charge on any atom is 0.153 e. The third kappa shape index (κ3) is 3.44. The standard InChI is InChI=1S/C23H29N7/c1-23(2,3)30-10-8-29(9-11-30)14-16-13-18-17(6-7-25-22(18)26-16)15-4-5-20-19(12-15)21(24)28-27-20/h4-7,12-13H,8-11,14H2,1-3H3,(H,25,26)(H3,24,27,28). The lowest BCUT2D eigenvalue weighted by atomic mass is 10.0. The molecule has 0 spiro atoms. The number of nitrogens with one attached hydrogen (secondary N) is 2. The number of benzene rings is 1. The number of piperazine rings is 1. The lowest BCUT2D eigenvalue weighted by Crippen LogP contribution is -2.53. The molecule has 0 atom stereocenters. The molecular weight excluding hydrogens is 374 g/mol. The molecule has 7 nitrogen and oxygen atoms in total. The molecule has 4 aromatic rings. The van der Waals surface area contributed by atoms with E-state index < -0.39 is 0 Å². The molecule has 0 amide bonds. The first-order valence-electron chi connectivity index (χ1n) is 10.6. The van der Waals surface area contributed by atoms with Crippen molar-refractivity contribution in [3.63, 3.8) is 0 Å². The van der Waals surface area contributed by atoms with E-state index in [0.29, 0.717) is 5.82 Å². The third-order valence-electron chi connectivity index (χ3n) is 6.21. The Balaban J connectivity index is 1.41. The van der Waals surface area contributed by atoms with Gasteiger partial charge in [-0.3, -0.25) is 14.9 Å². The second-order valence-corrected chi connectivity index (χ2v) is 9.22. The number of hydrogen-bond donors (Lipinski definition) is 3. The van der Waals surface area contributed by atoms with Crippen molar-refractivity contribution in [1.82, 2.24) is 30.0 Å². The summed E-state index contributed by atoms with van der Waals surface area (Å²) in [7, 11) is 0. The van der Waals surface area contributed by atoms with Crippen LogP contribution >= 0.6 is 0 Å². The fourth-order valence-corrected chi connectivity index (χ4v) is 4.44. The van der Waals surface area contributed by atoms with E-state index >= 15 is 0 Å². The number of fused-ring (bicyclic) bond motifs is 2. The van der Waals surface area contributed by atoms with Gasteiger partial charge in [0.1, 0.15) is 5.65 Å².